The van der Waals surface area contributed by atoms with Gasteiger partial charge >= 0.3 is 0 Å². The molecule has 19 heavy (non-hydrogen) atoms. The van der Waals surface area contributed by atoms with Crippen LogP contribution < -0.4 is 15.2 Å². The maximum absolute atomic E-state index is 10.5. The fourth-order valence-corrected chi connectivity index (χ4v) is 2.03. The largest absolute Gasteiger partial charge is 0.493 e. The zero-order valence-corrected chi connectivity index (χ0v) is 11.9. The van der Waals surface area contributed by atoms with Gasteiger partial charge < -0.3 is 4.74 Å². The molecule has 0 N–H and O–H groups in total. The molecule has 0 aromatic heterocycles. The number of ether oxygens (including phenoxy) is 1. The highest BCUT2D eigenvalue weighted by atomic mass is 16.5. The Hall–Kier alpha value is -1.90. The first-order chi connectivity index (χ1) is 9.17. The Morgan fingerprint density at radius 3 is 2.68 bits per heavy atom. The van der Waals surface area contributed by atoms with Crippen molar-refractivity contribution in [3.63, 3.8) is 0 Å². The second-order valence-electron chi connectivity index (χ2n) is 4.23. The molecule has 3 heteroatoms. The average Bonchev–Trinajstić information content (AvgIpc) is 2.42. The van der Waals surface area contributed by atoms with E-state index in [1.807, 2.05) is 26.0 Å². The minimum atomic E-state index is 0.316. The first-order valence-corrected chi connectivity index (χ1v) is 6.60. The summed E-state index contributed by atoms with van der Waals surface area (Å²) in [6.07, 6.45) is 5.55. The third kappa shape index (κ3) is 3.78. The van der Waals surface area contributed by atoms with E-state index in [4.69, 9.17) is 4.74 Å². The molecule has 0 amide bonds. The van der Waals surface area contributed by atoms with Crippen molar-refractivity contribution in [3.8, 4) is 5.75 Å². The smallest absolute Gasteiger partial charge is 0.130 e. The van der Waals surface area contributed by atoms with Crippen LogP contribution >= 0.6 is 0 Å². The molecule has 1 rings (SSSR count). The normalized spacial score (nSPS) is 12.6. The molecule has 0 aliphatic carbocycles. The lowest BCUT2D eigenvalue weighted by atomic mass is 10.0. The summed E-state index contributed by atoms with van der Waals surface area (Å²) in [4.78, 5) is 10.5. The van der Waals surface area contributed by atoms with E-state index in [0.29, 0.717) is 18.7 Å². The van der Waals surface area contributed by atoms with E-state index in [0.717, 1.165) is 28.2 Å². The van der Waals surface area contributed by atoms with Crippen LogP contribution in [0.15, 0.2) is 29.6 Å². The van der Waals surface area contributed by atoms with Gasteiger partial charge in [-0.05, 0) is 30.7 Å². The summed E-state index contributed by atoms with van der Waals surface area (Å²) in [5.74, 6) is 0.838. The second kappa shape index (κ2) is 7.52. The predicted octanol–water partition coefficient (Wildman–Crippen LogP) is 2.90. The first-order valence-electron chi connectivity index (χ1n) is 6.60. The summed E-state index contributed by atoms with van der Waals surface area (Å²) in [5, 5.41) is 5.11. The van der Waals surface area contributed by atoms with Gasteiger partial charge in [0, 0.05) is 17.2 Å². The van der Waals surface area contributed by atoms with E-state index in [1.165, 1.54) is 0 Å². The molecule has 0 radical (unpaired) electrons. The lowest BCUT2D eigenvalue weighted by Gasteiger charge is -2.11. The lowest BCUT2D eigenvalue weighted by Crippen LogP contribution is -2.27. The first kappa shape index (κ1) is 15.2. The fraction of sp³-hybridized carbons (Fsp3) is 0.375. The van der Waals surface area contributed by atoms with Crippen LogP contribution in [0.3, 0.4) is 0 Å². The van der Waals surface area contributed by atoms with Crippen molar-refractivity contribution in [1.29, 1.82) is 0 Å². The maximum atomic E-state index is 10.5. The van der Waals surface area contributed by atoms with Gasteiger partial charge in [-0.3, -0.25) is 0 Å². The number of nitrogens with zero attached hydrogens (tertiary/aromatic N) is 1. The molecule has 0 atom stereocenters. The van der Waals surface area contributed by atoms with Crippen molar-refractivity contribution < 1.29 is 4.74 Å². The van der Waals surface area contributed by atoms with Crippen LogP contribution in [0.1, 0.15) is 32.8 Å². The molecule has 0 bridgehead atoms. The molecule has 0 aliphatic heterocycles. The molecular formula is C16H21NO2. The summed E-state index contributed by atoms with van der Waals surface area (Å²) in [6.45, 7) is 10.3. The SMILES string of the molecule is C=C(Cc1ccc(=C/C)/c(=C\CC)c1OCC)N=O. The standard InChI is InChI=1S/C16H21NO2/c1-5-8-15-13(6-2)9-10-14(11-12(4)17-18)16(15)19-7-3/h6,8-10H,4-5,7,11H2,1-3H3/b13-6-,15-8+. The number of rotatable bonds is 6. The minimum Gasteiger partial charge on any atom is -0.493 e. The van der Waals surface area contributed by atoms with Crippen LogP contribution in [-0.4, -0.2) is 6.61 Å². The number of nitroso groups, excluding NO2 is 1. The van der Waals surface area contributed by atoms with E-state index in [-0.39, 0.29) is 0 Å². The molecular weight excluding hydrogens is 238 g/mol. The Kier molecular flexibility index (Phi) is 6.00. The molecule has 0 unspecified atom stereocenters. The molecule has 1 aromatic carbocycles. The van der Waals surface area contributed by atoms with Crippen LogP contribution in [0.5, 0.6) is 5.75 Å². The zero-order chi connectivity index (χ0) is 14.3. The van der Waals surface area contributed by atoms with E-state index in [1.54, 1.807) is 0 Å². The van der Waals surface area contributed by atoms with Crippen molar-refractivity contribution in [3.05, 3.63) is 45.3 Å². The molecule has 3 nitrogen and oxygen atoms in total. The zero-order valence-electron chi connectivity index (χ0n) is 11.9. The summed E-state index contributed by atoms with van der Waals surface area (Å²) < 4.78 is 5.77. The Labute approximate surface area is 114 Å². The van der Waals surface area contributed by atoms with E-state index < -0.39 is 0 Å². The van der Waals surface area contributed by atoms with E-state index in [9.17, 15) is 4.91 Å². The number of allylic oxidation sites excluding steroid dienone is 1. The van der Waals surface area contributed by atoms with Crippen LogP contribution in [0.2, 0.25) is 0 Å². The van der Waals surface area contributed by atoms with Gasteiger partial charge in [-0.1, -0.05) is 37.8 Å². The molecule has 102 valence electrons. The Morgan fingerprint density at radius 2 is 2.16 bits per heavy atom. The highest BCUT2D eigenvalue weighted by Gasteiger charge is 2.08. The Balaban J connectivity index is 3.49. The van der Waals surface area contributed by atoms with E-state index in [2.05, 4.69) is 30.8 Å². The third-order valence-electron chi connectivity index (χ3n) is 2.84. The number of hydrogen-bond acceptors (Lipinski definition) is 3. The molecule has 0 aliphatic rings. The van der Waals surface area contributed by atoms with Gasteiger partial charge in [0.2, 0.25) is 0 Å². The highest BCUT2D eigenvalue weighted by Crippen LogP contribution is 2.16. The van der Waals surface area contributed by atoms with Gasteiger partial charge in [-0.2, -0.15) is 0 Å². The summed E-state index contributed by atoms with van der Waals surface area (Å²) >= 11 is 0. The van der Waals surface area contributed by atoms with Crippen molar-refractivity contribution >= 4 is 12.2 Å². The monoisotopic (exact) mass is 259 g/mol. The van der Waals surface area contributed by atoms with Crippen LogP contribution in [0.4, 0.5) is 0 Å². The van der Waals surface area contributed by atoms with Crippen molar-refractivity contribution in [2.75, 3.05) is 6.61 Å². The number of hydrogen-bond donors (Lipinski definition) is 0. The Morgan fingerprint density at radius 1 is 1.42 bits per heavy atom. The van der Waals surface area contributed by atoms with Gasteiger partial charge in [0.25, 0.3) is 0 Å². The predicted molar refractivity (Wildman–Crippen MR) is 80.4 cm³/mol. The van der Waals surface area contributed by atoms with Crippen LogP contribution in [0.25, 0.3) is 12.2 Å². The van der Waals surface area contributed by atoms with Gasteiger partial charge in [0.05, 0.1) is 12.3 Å². The van der Waals surface area contributed by atoms with Crippen molar-refractivity contribution in [1.82, 2.24) is 0 Å². The molecule has 0 spiro atoms. The van der Waals surface area contributed by atoms with Gasteiger partial charge in [-0.25, -0.2) is 0 Å². The van der Waals surface area contributed by atoms with Crippen molar-refractivity contribution in [2.45, 2.75) is 33.6 Å². The summed E-state index contributed by atoms with van der Waals surface area (Å²) in [5.41, 5.74) is 1.27. The second-order valence-corrected chi connectivity index (χ2v) is 4.23. The topological polar surface area (TPSA) is 38.7 Å². The molecule has 0 saturated heterocycles. The summed E-state index contributed by atoms with van der Waals surface area (Å²) in [6, 6.07) is 4.01. The van der Waals surface area contributed by atoms with Crippen molar-refractivity contribution in [2.24, 2.45) is 5.18 Å². The Bertz CT molecular complexity index is 573. The molecule has 0 fully saturated rings. The fourth-order valence-electron chi connectivity index (χ4n) is 2.03. The van der Waals surface area contributed by atoms with Gasteiger partial charge in [0.15, 0.2) is 0 Å². The van der Waals surface area contributed by atoms with Gasteiger partial charge in [0.1, 0.15) is 5.75 Å². The van der Waals surface area contributed by atoms with Gasteiger partial charge in [-0.15, -0.1) is 4.91 Å². The van der Waals surface area contributed by atoms with Crippen LogP contribution in [-0.2, 0) is 6.42 Å². The molecule has 0 saturated carbocycles. The highest BCUT2D eigenvalue weighted by molar-refractivity contribution is 5.45. The average molecular weight is 259 g/mol. The maximum Gasteiger partial charge on any atom is 0.130 e. The minimum absolute atomic E-state index is 0.316. The van der Waals surface area contributed by atoms with Crippen LogP contribution in [0, 0.1) is 4.91 Å². The van der Waals surface area contributed by atoms with E-state index >= 15 is 0 Å². The number of benzene rings is 1. The quantitative estimate of drug-likeness (QED) is 0.737. The molecule has 0 heterocycles. The lowest BCUT2D eigenvalue weighted by molar-refractivity contribution is 0.334. The summed E-state index contributed by atoms with van der Waals surface area (Å²) in [7, 11) is 0. The molecule has 1 aromatic rings. The third-order valence-corrected chi connectivity index (χ3v) is 2.84.